The summed E-state index contributed by atoms with van der Waals surface area (Å²) in [6.45, 7) is 6.71. The van der Waals surface area contributed by atoms with Crippen molar-refractivity contribution in [1.29, 1.82) is 0 Å². The van der Waals surface area contributed by atoms with Crippen LogP contribution in [0.2, 0.25) is 0 Å². The van der Waals surface area contributed by atoms with Crippen LogP contribution in [0.3, 0.4) is 0 Å². The molecular formula is C15H23N3O3. The second-order valence-electron chi connectivity index (χ2n) is 4.66. The summed E-state index contributed by atoms with van der Waals surface area (Å²) in [6.07, 6.45) is 0. The zero-order chi connectivity index (χ0) is 16.0. The Balaban J connectivity index is 2.79. The number of likely N-dealkylation sites (N-methyl/N-ethyl adjacent to an activating group) is 1. The zero-order valence-electron chi connectivity index (χ0n) is 13.0. The molecule has 6 heteroatoms. The largest absolute Gasteiger partial charge is 0.495 e. The number of carbonyl (C=O) groups is 2. The fraction of sp³-hybridized carbons (Fsp3) is 0.467. The number of nitrogens with two attached hydrogens (primary N) is 1. The maximum absolute atomic E-state index is 12.2. The molecule has 0 heterocycles. The number of amides is 2. The van der Waals surface area contributed by atoms with E-state index >= 15 is 0 Å². The molecule has 0 saturated heterocycles. The van der Waals surface area contributed by atoms with Gasteiger partial charge in [0.15, 0.2) is 0 Å². The van der Waals surface area contributed by atoms with Crippen molar-refractivity contribution in [3.05, 3.63) is 23.8 Å². The Morgan fingerprint density at radius 2 is 1.95 bits per heavy atom. The fourth-order valence-electron chi connectivity index (χ4n) is 2.00. The van der Waals surface area contributed by atoms with Crippen LogP contribution in [0.15, 0.2) is 18.2 Å². The minimum atomic E-state index is -0.582. The Morgan fingerprint density at radius 1 is 1.33 bits per heavy atom. The maximum Gasteiger partial charge on any atom is 0.252 e. The summed E-state index contributed by atoms with van der Waals surface area (Å²) >= 11 is 0. The summed E-state index contributed by atoms with van der Waals surface area (Å²) < 4.78 is 5.08. The van der Waals surface area contributed by atoms with Gasteiger partial charge in [-0.1, -0.05) is 0 Å². The average Bonchev–Trinajstić information content (AvgIpc) is 2.48. The maximum atomic E-state index is 12.2. The minimum absolute atomic E-state index is 0.101. The molecule has 1 aromatic carbocycles. The van der Waals surface area contributed by atoms with Gasteiger partial charge in [0.05, 0.1) is 12.8 Å². The number of benzene rings is 1. The molecule has 0 spiro atoms. The van der Waals surface area contributed by atoms with Crippen LogP contribution in [0.1, 0.15) is 31.1 Å². The number of nitrogen functional groups attached to an aromatic ring is 1. The SMILES string of the molecule is CCN(CC)C(=O)C(C)NC(=O)c1ccc(N)c(OC)c1. The molecule has 0 aromatic heterocycles. The van der Waals surface area contributed by atoms with E-state index in [0.717, 1.165) is 0 Å². The first-order valence-corrected chi connectivity index (χ1v) is 6.97. The van der Waals surface area contributed by atoms with Gasteiger partial charge in [0.25, 0.3) is 5.91 Å². The summed E-state index contributed by atoms with van der Waals surface area (Å²) in [5, 5.41) is 2.69. The second kappa shape index (κ2) is 7.52. The van der Waals surface area contributed by atoms with Crippen molar-refractivity contribution < 1.29 is 14.3 Å². The molecule has 0 fully saturated rings. The van der Waals surface area contributed by atoms with Crippen molar-refractivity contribution in [2.45, 2.75) is 26.8 Å². The van der Waals surface area contributed by atoms with Gasteiger partial charge >= 0.3 is 0 Å². The lowest BCUT2D eigenvalue weighted by Crippen LogP contribution is -2.46. The Kier molecular flexibility index (Phi) is 6.02. The number of nitrogens with zero attached hydrogens (tertiary/aromatic N) is 1. The number of hydrogen-bond donors (Lipinski definition) is 2. The van der Waals surface area contributed by atoms with Crippen LogP contribution >= 0.6 is 0 Å². The summed E-state index contributed by atoms with van der Waals surface area (Å²) in [5.41, 5.74) is 6.57. The summed E-state index contributed by atoms with van der Waals surface area (Å²) in [5.74, 6) is 0.00226. The summed E-state index contributed by atoms with van der Waals surface area (Å²) in [6, 6.07) is 4.17. The van der Waals surface area contributed by atoms with E-state index in [1.54, 1.807) is 30.0 Å². The molecule has 0 aliphatic heterocycles. The van der Waals surface area contributed by atoms with Crippen LogP contribution in [0.5, 0.6) is 5.75 Å². The first-order chi connectivity index (χ1) is 9.94. The number of ether oxygens (including phenoxy) is 1. The first-order valence-electron chi connectivity index (χ1n) is 6.97. The first kappa shape index (κ1) is 16.8. The third-order valence-electron chi connectivity index (χ3n) is 3.29. The van der Waals surface area contributed by atoms with Crippen LogP contribution in [0.25, 0.3) is 0 Å². The van der Waals surface area contributed by atoms with Gasteiger partial charge in [0.2, 0.25) is 5.91 Å². The number of carbonyl (C=O) groups excluding carboxylic acids is 2. The lowest BCUT2D eigenvalue weighted by molar-refractivity contribution is -0.132. The van der Waals surface area contributed by atoms with Crippen molar-refractivity contribution in [1.82, 2.24) is 10.2 Å². The van der Waals surface area contributed by atoms with Gasteiger partial charge in [0.1, 0.15) is 11.8 Å². The lowest BCUT2D eigenvalue weighted by Gasteiger charge is -2.23. The van der Waals surface area contributed by atoms with Crippen LogP contribution in [-0.4, -0.2) is 43.0 Å². The van der Waals surface area contributed by atoms with Gasteiger partial charge in [-0.05, 0) is 39.0 Å². The highest BCUT2D eigenvalue weighted by Gasteiger charge is 2.20. The van der Waals surface area contributed by atoms with Crippen LogP contribution in [-0.2, 0) is 4.79 Å². The molecule has 0 radical (unpaired) electrons. The van der Waals surface area contributed by atoms with Crippen molar-refractivity contribution in [3.8, 4) is 5.75 Å². The van der Waals surface area contributed by atoms with Gasteiger partial charge < -0.3 is 20.7 Å². The van der Waals surface area contributed by atoms with Gasteiger partial charge in [-0.15, -0.1) is 0 Å². The van der Waals surface area contributed by atoms with Gasteiger partial charge in [-0.25, -0.2) is 0 Å². The smallest absolute Gasteiger partial charge is 0.252 e. The van der Waals surface area contributed by atoms with E-state index in [0.29, 0.717) is 30.1 Å². The number of rotatable bonds is 6. The van der Waals surface area contributed by atoms with E-state index in [1.807, 2.05) is 13.8 Å². The van der Waals surface area contributed by atoms with E-state index in [9.17, 15) is 9.59 Å². The molecule has 1 unspecified atom stereocenters. The third kappa shape index (κ3) is 4.11. The number of hydrogen-bond acceptors (Lipinski definition) is 4. The molecule has 116 valence electrons. The summed E-state index contributed by atoms with van der Waals surface area (Å²) in [4.78, 5) is 26.0. The van der Waals surface area contributed by atoms with Crippen LogP contribution < -0.4 is 15.8 Å². The van der Waals surface area contributed by atoms with E-state index in [-0.39, 0.29) is 11.8 Å². The van der Waals surface area contributed by atoms with Crippen LogP contribution in [0.4, 0.5) is 5.69 Å². The normalized spacial score (nSPS) is 11.6. The highest BCUT2D eigenvalue weighted by Crippen LogP contribution is 2.22. The van der Waals surface area contributed by atoms with Gasteiger partial charge in [-0.3, -0.25) is 9.59 Å². The second-order valence-corrected chi connectivity index (χ2v) is 4.66. The molecule has 0 saturated carbocycles. The highest BCUT2D eigenvalue weighted by atomic mass is 16.5. The molecular weight excluding hydrogens is 270 g/mol. The molecule has 2 amide bonds. The molecule has 0 aliphatic carbocycles. The minimum Gasteiger partial charge on any atom is -0.495 e. The number of nitrogens with one attached hydrogen (secondary N) is 1. The average molecular weight is 293 g/mol. The third-order valence-corrected chi connectivity index (χ3v) is 3.29. The Hall–Kier alpha value is -2.24. The Bertz CT molecular complexity index is 513. The van der Waals surface area contributed by atoms with Crippen LogP contribution in [0, 0.1) is 0 Å². The van der Waals surface area contributed by atoms with Crippen molar-refractivity contribution >= 4 is 17.5 Å². The molecule has 21 heavy (non-hydrogen) atoms. The van der Waals surface area contributed by atoms with Gasteiger partial charge in [0, 0.05) is 18.7 Å². The van der Waals surface area contributed by atoms with E-state index < -0.39 is 6.04 Å². The monoisotopic (exact) mass is 293 g/mol. The van der Waals surface area contributed by atoms with Crippen molar-refractivity contribution in [2.75, 3.05) is 25.9 Å². The van der Waals surface area contributed by atoms with E-state index in [4.69, 9.17) is 10.5 Å². The van der Waals surface area contributed by atoms with Gasteiger partial charge in [-0.2, -0.15) is 0 Å². The predicted octanol–water partition coefficient (Wildman–Crippen LogP) is 1.26. The number of anilines is 1. The molecule has 6 nitrogen and oxygen atoms in total. The summed E-state index contributed by atoms with van der Waals surface area (Å²) in [7, 11) is 1.49. The fourth-order valence-corrected chi connectivity index (χ4v) is 2.00. The highest BCUT2D eigenvalue weighted by molar-refractivity contribution is 5.98. The lowest BCUT2D eigenvalue weighted by atomic mass is 10.1. The van der Waals surface area contributed by atoms with E-state index in [2.05, 4.69) is 5.32 Å². The standard InChI is InChI=1S/C15H23N3O3/c1-5-18(6-2)15(20)10(3)17-14(19)11-7-8-12(16)13(9-11)21-4/h7-10H,5-6,16H2,1-4H3,(H,17,19). The molecule has 1 atom stereocenters. The van der Waals surface area contributed by atoms with Crippen molar-refractivity contribution in [2.24, 2.45) is 0 Å². The Labute approximate surface area is 125 Å². The predicted molar refractivity (Wildman–Crippen MR) is 82.3 cm³/mol. The molecule has 0 aliphatic rings. The quantitative estimate of drug-likeness (QED) is 0.773. The topological polar surface area (TPSA) is 84.7 Å². The molecule has 0 bridgehead atoms. The zero-order valence-corrected chi connectivity index (χ0v) is 13.0. The van der Waals surface area contributed by atoms with E-state index in [1.165, 1.54) is 7.11 Å². The molecule has 1 aromatic rings. The Morgan fingerprint density at radius 3 is 2.48 bits per heavy atom. The van der Waals surface area contributed by atoms with Crippen molar-refractivity contribution in [3.63, 3.8) is 0 Å². The molecule has 1 rings (SSSR count). The molecule has 3 N–H and O–H groups in total. The number of methoxy groups -OCH3 is 1.